The minimum Gasteiger partial charge on any atom is -0.458 e. The molecule has 286 valence electrons. The molecule has 0 aromatic carbocycles. The Hall–Kier alpha value is -1.88. The quantitative estimate of drug-likeness (QED) is 0.204. The number of esters is 1. The number of nitrogens with two attached hydrogens (primary N) is 1. The molecule has 6 aliphatic rings. The molecule has 2 spiro atoms. The second-order valence-electron chi connectivity index (χ2n) is 17.8. The molecular formula is C42H65NO8. The number of cyclic esters (lactones) is 1. The van der Waals surface area contributed by atoms with Crippen LogP contribution < -0.4 is 5.73 Å². The van der Waals surface area contributed by atoms with Crippen LogP contribution >= 0.6 is 0 Å². The van der Waals surface area contributed by atoms with E-state index in [1.54, 1.807) is 0 Å². The highest BCUT2D eigenvalue weighted by Gasteiger charge is 2.64. The molecule has 12 atom stereocenters. The van der Waals surface area contributed by atoms with Gasteiger partial charge >= 0.3 is 5.97 Å². The third kappa shape index (κ3) is 7.46. The second kappa shape index (κ2) is 14.7. The van der Waals surface area contributed by atoms with Gasteiger partial charge in [0.05, 0.1) is 24.2 Å². The summed E-state index contributed by atoms with van der Waals surface area (Å²) in [6.07, 6.45) is 10.2. The predicted octanol–water partition coefficient (Wildman–Crippen LogP) is 6.98. The summed E-state index contributed by atoms with van der Waals surface area (Å²) in [6.45, 7) is 17.1. The predicted molar refractivity (Wildman–Crippen MR) is 195 cm³/mol. The summed E-state index contributed by atoms with van der Waals surface area (Å²) >= 11 is 0. The fourth-order valence-corrected chi connectivity index (χ4v) is 10.3. The van der Waals surface area contributed by atoms with Crippen molar-refractivity contribution in [2.45, 2.75) is 179 Å². The van der Waals surface area contributed by atoms with Crippen molar-refractivity contribution in [3.63, 3.8) is 0 Å². The Morgan fingerprint density at radius 3 is 2.53 bits per heavy atom. The highest BCUT2D eigenvalue weighted by molar-refractivity contribution is 5.86. The number of ketones is 1. The van der Waals surface area contributed by atoms with Crippen LogP contribution in [-0.2, 0) is 28.5 Å². The molecule has 0 radical (unpaired) electrons. The standard InChI is InChI=1S/C42H65NO8/c1-25-9-8-10-37(45)40(15-11-26(2)24-43)16-13-32(36-21-28(4)38(46)48-36)30(6)33(40)20-27(3)34(44)22-35-29(5)23-41(50-35)17-18-42(51-41)39(7,47)14-12-31(19-25)49-42/h20,26,28-29,31,33-36,44,47H,1,8-19,21-24,43H2,2-7H3/b27-20+/t26-,28?,29-,31+,33+,34+,35-,36+,39-,40+,41+,42-/m1/s1. The summed E-state index contributed by atoms with van der Waals surface area (Å²) in [5.74, 6) is -1.94. The van der Waals surface area contributed by atoms with E-state index < -0.39 is 28.7 Å². The number of ether oxygens (including phenoxy) is 4. The Kier molecular flexibility index (Phi) is 11.2. The van der Waals surface area contributed by atoms with E-state index in [9.17, 15) is 19.8 Å². The molecule has 0 aromatic rings. The summed E-state index contributed by atoms with van der Waals surface area (Å²) in [5, 5.41) is 23.5. The van der Waals surface area contributed by atoms with E-state index in [1.165, 1.54) is 0 Å². The second-order valence-corrected chi connectivity index (χ2v) is 17.8. The zero-order valence-electron chi connectivity index (χ0n) is 32.1. The van der Waals surface area contributed by atoms with Gasteiger partial charge in [-0.2, -0.15) is 0 Å². The van der Waals surface area contributed by atoms with Crippen LogP contribution in [0.3, 0.4) is 0 Å². The van der Waals surface area contributed by atoms with E-state index in [2.05, 4.69) is 33.4 Å². The van der Waals surface area contributed by atoms with Gasteiger partial charge in [0.25, 0.3) is 0 Å². The lowest BCUT2D eigenvalue weighted by atomic mass is 9.58. The molecule has 1 aliphatic carbocycles. The molecule has 0 amide bonds. The number of allylic oxidation sites excluding steroid dienone is 2. The van der Waals surface area contributed by atoms with Crippen LogP contribution in [-0.4, -0.2) is 70.1 Å². The lowest BCUT2D eigenvalue weighted by molar-refractivity contribution is -0.387. The maximum atomic E-state index is 14.8. The molecule has 6 rings (SSSR count). The summed E-state index contributed by atoms with van der Waals surface area (Å²) < 4.78 is 26.1. The van der Waals surface area contributed by atoms with Gasteiger partial charge in [0.1, 0.15) is 17.5 Å². The molecule has 9 heteroatoms. The first-order valence-electron chi connectivity index (χ1n) is 20.0. The lowest BCUT2D eigenvalue weighted by Crippen LogP contribution is -2.60. The van der Waals surface area contributed by atoms with Crippen LogP contribution in [0.2, 0.25) is 0 Å². The van der Waals surface area contributed by atoms with Gasteiger partial charge in [-0.15, -0.1) is 0 Å². The van der Waals surface area contributed by atoms with Crippen molar-refractivity contribution in [2.75, 3.05) is 6.54 Å². The van der Waals surface area contributed by atoms with Gasteiger partial charge in [0, 0.05) is 49.9 Å². The van der Waals surface area contributed by atoms with Crippen molar-refractivity contribution in [3.8, 4) is 0 Å². The van der Waals surface area contributed by atoms with E-state index >= 15 is 0 Å². The number of aliphatic hydroxyl groups is 2. The molecule has 51 heavy (non-hydrogen) atoms. The van der Waals surface area contributed by atoms with Gasteiger partial charge in [-0.25, -0.2) is 0 Å². The van der Waals surface area contributed by atoms with Crippen molar-refractivity contribution >= 4 is 11.8 Å². The van der Waals surface area contributed by atoms with Gasteiger partial charge in [0.15, 0.2) is 5.79 Å². The minimum atomic E-state index is -1.16. The fourth-order valence-electron chi connectivity index (χ4n) is 10.3. The summed E-state index contributed by atoms with van der Waals surface area (Å²) in [7, 11) is 0. The third-order valence-corrected chi connectivity index (χ3v) is 13.9. The van der Waals surface area contributed by atoms with Crippen molar-refractivity contribution in [1.29, 1.82) is 0 Å². The van der Waals surface area contributed by atoms with Gasteiger partial charge in [-0.3, -0.25) is 9.59 Å². The first-order valence-corrected chi connectivity index (χ1v) is 20.0. The highest BCUT2D eigenvalue weighted by Crippen LogP contribution is 2.56. The number of carbonyl (C=O) groups is 2. The number of hydrogen-bond acceptors (Lipinski definition) is 9. The van der Waals surface area contributed by atoms with Crippen molar-refractivity contribution in [2.24, 2.45) is 34.8 Å². The fraction of sp³-hybridized carbons (Fsp3) is 0.810. The van der Waals surface area contributed by atoms with Gasteiger partial charge < -0.3 is 34.9 Å². The first kappa shape index (κ1) is 38.8. The lowest BCUT2D eigenvalue weighted by Gasteiger charge is -2.49. The van der Waals surface area contributed by atoms with E-state index in [-0.39, 0.29) is 53.7 Å². The van der Waals surface area contributed by atoms with Crippen LogP contribution in [0.4, 0.5) is 0 Å². The molecule has 4 bridgehead atoms. The zero-order chi connectivity index (χ0) is 36.9. The van der Waals surface area contributed by atoms with Gasteiger partial charge in [-0.1, -0.05) is 44.6 Å². The molecule has 4 N–H and O–H groups in total. The van der Waals surface area contributed by atoms with Gasteiger partial charge in [-0.05, 0) is 108 Å². The van der Waals surface area contributed by atoms with Crippen LogP contribution in [0.15, 0.2) is 34.9 Å². The third-order valence-electron chi connectivity index (χ3n) is 13.9. The number of hydrogen-bond donors (Lipinski definition) is 3. The Morgan fingerprint density at radius 1 is 1.06 bits per heavy atom. The van der Waals surface area contributed by atoms with Crippen molar-refractivity contribution in [1.82, 2.24) is 0 Å². The Bertz CT molecular complexity index is 1420. The smallest absolute Gasteiger partial charge is 0.309 e. The molecule has 4 saturated heterocycles. The Labute approximate surface area is 305 Å². The maximum Gasteiger partial charge on any atom is 0.309 e. The van der Waals surface area contributed by atoms with E-state index in [0.717, 1.165) is 28.7 Å². The first-order chi connectivity index (χ1) is 24.0. The average Bonchev–Trinajstić information content (AvgIpc) is 3.71. The number of rotatable bonds is 5. The molecule has 9 nitrogen and oxygen atoms in total. The van der Waals surface area contributed by atoms with E-state index in [1.807, 2.05) is 20.8 Å². The summed E-state index contributed by atoms with van der Waals surface area (Å²) in [5.41, 5.74) is 8.37. The average molecular weight is 712 g/mol. The Balaban J connectivity index is 1.37. The highest BCUT2D eigenvalue weighted by atomic mass is 16.8. The molecule has 5 heterocycles. The normalized spacial score (nSPS) is 45.7. The number of Topliss-reactive ketones (excluding diaryl/α,β-unsaturated/α-hetero) is 1. The Morgan fingerprint density at radius 2 is 1.82 bits per heavy atom. The number of carbonyl (C=O) groups excluding carboxylic acids is 2. The summed E-state index contributed by atoms with van der Waals surface area (Å²) in [4.78, 5) is 27.3. The van der Waals surface area contributed by atoms with Crippen molar-refractivity contribution < 1.29 is 38.7 Å². The summed E-state index contributed by atoms with van der Waals surface area (Å²) in [6, 6.07) is 0. The van der Waals surface area contributed by atoms with Crippen molar-refractivity contribution in [3.05, 3.63) is 34.9 Å². The molecule has 0 saturated carbocycles. The maximum absolute atomic E-state index is 14.8. The molecule has 5 aliphatic heterocycles. The van der Waals surface area contributed by atoms with Crippen LogP contribution in [0.25, 0.3) is 0 Å². The topological polar surface area (TPSA) is 138 Å². The molecular weight excluding hydrogens is 646 g/mol. The zero-order valence-corrected chi connectivity index (χ0v) is 32.1. The minimum absolute atomic E-state index is 0.123. The monoisotopic (exact) mass is 711 g/mol. The van der Waals surface area contributed by atoms with E-state index in [4.69, 9.17) is 24.7 Å². The van der Waals surface area contributed by atoms with Gasteiger partial charge in [0.2, 0.25) is 5.79 Å². The number of aliphatic hydroxyl groups excluding tert-OH is 1. The molecule has 0 aromatic heterocycles. The SMILES string of the molecule is C=C1CCCC(=O)[C@@]2(CC[C@@H](C)CN)CCC([C@@H]3CC(C)C(=O)O3)=C(C)[C@@H]2/C=C(\C)[C@@H](O)C[C@H]2O[C@]3(CC[C@@]4(O[C@@H](CC[C@@]4(C)O)C1)O3)C[C@H]2C. The van der Waals surface area contributed by atoms with Crippen LogP contribution in [0.5, 0.6) is 0 Å². The molecule has 4 fully saturated rings. The molecule has 1 unspecified atom stereocenters. The van der Waals surface area contributed by atoms with Crippen LogP contribution in [0, 0.1) is 29.1 Å². The largest absolute Gasteiger partial charge is 0.458 e. The number of fused-ring (bicyclic) bond motifs is 3. The van der Waals surface area contributed by atoms with Crippen LogP contribution in [0.1, 0.15) is 138 Å². The van der Waals surface area contributed by atoms with E-state index in [0.29, 0.717) is 96.4 Å².